The van der Waals surface area contributed by atoms with Crippen molar-refractivity contribution in [3.8, 4) is 0 Å². The van der Waals surface area contributed by atoms with Crippen molar-refractivity contribution < 1.29 is 0 Å². The van der Waals surface area contributed by atoms with Gasteiger partial charge in [-0.05, 0) is 51.2 Å². The maximum absolute atomic E-state index is 3.48. The number of nitrogens with zero attached hydrogens (tertiary/aromatic N) is 1. The average Bonchev–Trinajstić information content (AvgIpc) is 2.66. The molecule has 0 aromatic carbocycles. The highest BCUT2D eigenvalue weighted by Crippen LogP contribution is 2.24. The van der Waals surface area contributed by atoms with Crippen molar-refractivity contribution in [2.24, 2.45) is 5.92 Å². The molecular formula is C15H30N2. The summed E-state index contributed by atoms with van der Waals surface area (Å²) in [6.07, 6.45) is 11.6. The lowest BCUT2D eigenvalue weighted by Gasteiger charge is -2.34. The van der Waals surface area contributed by atoms with Gasteiger partial charge in [0.05, 0.1) is 0 Å². The molecule has 2 rings (SSSR count). The molecule has 1 N–H and O–H groups in total. The first-order valence-corrected chi connectivity index (χ1v) is 7.85. The van der Waals surface area contributed by atoms with Crippen LogP contribution in [-0.4, -0.2) is 37.1 Å². The van der Waals surface area contributed by atoms with Gasteiger partial charge in [0.1, 0.15) is 0 Å². The van der Waals surface area contributed by atoms with Gasteiger partial charge in [0.15, 0.2) is 0 Å². The molecule has 1 saturated carbocycles. The number of rotatable bonds is 4. The molecule has 0 unspecified atom stereocenters. The van der Waals surface area contributed by atoms with Gasteiger partial charge in [-0.1, -0.05) is 32.6 Å². The number of hydrogen-bond acceptors (Lipinski definition) is 2. The fourth-order valence-corrected chi connectivity index (χ4v) is 3.56. The molecule has 2 aliphatic rings. The summed E-state index contributed by atoms with van der Waals surface area (Å²) in [5, 5.41) is 3.48. The first-order chi connectivity index (χ1) is 8.40. The van der Waals surface area contributed by atoms with E-state index in [4.69, 9.17) is 0 Å². The fourth-order valence-electron chi connectivity index (χ4n) is 3.56. The summed E-state index contributed by atoms with van der Waals surface area (Å²) in [5.74, 6) is 0.958. The van der Waals surface area contributed by atoms with Crippen molar-refractivity contribution in [3.05, 3.63) is 0 Å². The van der Waals surface area contributed by atoms with Crippen LogP contribution < -0.4 is 5.32 Å². The second kappa shape index (κ2) is 7.38. The maximum Gasteiger partial charge on any atom is 0.00952 e. The van der Waals surface area contributed by atoms with E-state index in [1.54, 1.807) is 0 Å². The molecule has 0 spiro atoms. The predicted molar refractivity (Wildman–Crippen MR) is 74.3 cm³/mol. The molecule has 0 aromatic rings. The second-order valence-electron chi connectivity index (χ2n) is 5.93. The SMILES string of the molecule is CCN(CC1CCNCC1)C1CCCCCC1. The summed E-state index contributed by atoms with van der Waals surface area (Å²) < 4.78 is 0. The number of nitrogens with one attached hydrogen (secondary N) is 1. The van der Waals surface area contributed by atoms with Crippen LogP contribution in [0.25, 0.3) is 0 Å². The lowest BCUT2D eigenvalue weighted by atomic mass is 9.96. The Bertz CT molecular complexity index is 191. The molecule has 1 saturated heterocycles. The fraction of sp³-hybridized carbons (Fsp3) is 1.00. The third-order valence-corrected chi connectivity index (χ3v) is 4.70. The Morgan fingerprint density at radius 1 is 0.941 bits per heavy atom. The van der Waals surface area contributed by atoms with Crippen LogP contribution in [0.15, 0.2) is 0 Å². The van der Waals surface area contributed by atoms with Gasteiger partial charge < -0.3 is 10.2 Å². The zero-order valence-electron chi connectivity index (χ0n) is 11.6. The van der Waals surface area contributed by atoms with E-state index in [0.29, 0.717) is 0 Å². The zero-order chi connectivity index (χ0) is 11.9. The monoisotopic (exact) mass is 238 g/mol. The van der Waals surface area contributed by atoms with Crippen LogP contribution in [0.2, 0.25) is 0 Å². The van der Waals surface area contributed by atoms with Crippen LogP contribution >= 0.6 is 0 Å². The van der Waals surface area contributed by atoms with E-state index < -0.39 is 0 Å². The highest BCUT2D eigenvalue weighted by atomic mass is 15.2. The summed E-state index contributed by atoms with van der Waals surface area (Å²) in [7, 11) is 0. The third kappa shape index (κ3) is 4.26. The van der Waals surface area contributed by atoms with Gasteiger partial charge in [-0.15, -0.1) is 0 Å². The Morgan fingerprint density at radius 2 is 1.59 bits per heavy atom. The highest BCUT2D eigenvalue weighted by Gasteiger charge is 2.22. The molecular weight excluding hydrogens is 208 g/mol. The first kappa shape index (κ1) is 13.4. The Balaban J connectivity index is 1.81. The molecule has 0 atom stereocenters. The molecule has 1 aliphatic heterocycles. The Labute approximate surface area is 107 Å². The van der Waals surface area contributed by atoms with E-state index in [1.807, 2.05) is 0 Å². The smallest absolute Gasteiger partial charge is 0.00952 e. The maximum atomic E-state index is 3.48. The van der Waals surface area contributed by atoms with Crippen LogP contribution in [0.5, 0.6) is 0 Å². The minimum absolute atomic E-state index is 0.900. The van der Waals surface area contributed by atoms with Crippen LogP contribution in [0, 0.1) is 5.92 Å². The summed E-state index contributed by atoms with van der Waals surface area (Å²) in [6.45, 7) is 7.46. The van der Waals surface area contributed by atoms with Crippen molar-refractivity contribution >= 4 is 0 Å². The summed E-state index contributed by atoms with van der Waals surface area (Å²) >= 11 is 0. The van der Waals surface area contributed by atoms with Crippen molar-refractivity contribution in [1.82, 2.24) is 10.2 Å². The summed E-state index contributed by atoms with van der Waals surface area (Å²) in [4.78, 5) is 2.79. The minimum Gasteiger partial charge on any atom is -0.317 e. The summed E-state index contributed by atoms with van der Waals surface area (Å²) in [6, 6.07) is 0.900. The third-order valence-electron chi connectivity index (χ3n) is 4.70. The predicted octanol–water partition coefficient (Wildman–Crippen LogP) is 3.03. The first-order valence-electron chi connectivity index (χ1n) is 7.85. The van der Waals surface area contributed by atoms with E-state index in [0.717, 1.165) is 12.0 Å². The summed E-state index contributed by atoms with van der Waals surface area (Å²) in [5.41, 5.74) is 0. The minimum atomic E-state index is 0.900. The van der Waals surface area contributed by atoms with E-state index >= 15 is 0 Å². The van der Waals surface area contributed by atoms with Gasteiger partial charge in [0.25, 0.3) is 0 Å². The number of piperidine rings is 1. The molecule has 2 fully saturated rings. The molecule has 17 heavy (non-hydrogen) atoms. The van der Waals surface area contributed by atoms with Crippen molar-refractivity contribution in [2.75, 3.05) is 26.2 Å². The normalized spacial score (nSPS) is 25.1. The molecule has 100 valence electrons. The molecule has 1 heterocycles. The molecule has 2 nitrogen and oxygen atoms in total. The Morgan fingerprint density at radius 3 is 2.18 bits per heavy atom. The van der Waals surface area contributed by atoms with Gasteiger partial charge in [0.2, 0.25) is 0 Å². The van der Waals surface area contributed by atoms with E-state index in [2.05, 4.69) is 17.1 Å². The highest BCUT2D eigenvalue weighted by molar-refractivity contribution is 4.78. The molecule has 0 bridgehead atoms. The lowest BCUT2D eigenvalue weighted by molar-refractivity contribution is 0.146. The van der Waals surface area contributed by atoms with Crippen LogP contribution in [0.3, 0.4) is 0 Å². The molecule has 2 heteroatoms. The molecule has 0 aromatic heterocycles. The standard InChI is InChI=1S/C15H30N2/c1-2-17(13-14-9-11-16-12-10-14)15-7-5-3-4-6-8-15/h14-16H,2-13H2,1H3. The molecule has 0 radical (unpaired) electrons. The van der Waals surface area contributed by atoms with E-state index in [9.17, 15) is 0 Å². The lowest BCUT2D eigenvalue weighted by Crippen LogP contribution is -2.41. The van der Waals surface area contributed by atoms with Gasteiger partial charge in [-0.3, -0.25) is 0 Å². The Hall–Kier alpha value is -0.0800. The van der Waals surface area contributed by atoms with E-state index in [1.165, 1.54) is 77.5 Å². The molecule has 1 aliphatic carbocycles. The van der Waals surface area contributed by atoms with Crippen molar-refractivity contribution in [3.63, 3.8) is 0 Å². The van der Waals surface area contributed by atoms with E-state index in [-0.39, 0.29) is 0 Å². The number of hydrogen-bond donors (Lipinski definition) is 1. The van der Waals surface area contributed by atoms with Crippen LogP contribution in [0.4, 0.5) is 0 Å². The Kier molecular flexibility index (Phi) is 5.79. The average molecular weight is 238 g/mol. The van der Waals surface area contributed by atoms with Crippen molar-refractivity contribution in [2.45, 2.75) is 64.3 Å². The van der Waals surface area contributed by atoms with Gasteiger partial charge in [0, 0.05) is 12.6 Å². The quantitative estimate of drug-likeness (QED) is 0.757. The van der Waals surface area contributed by atoms with Crippen LogP contribution in [-0.2, 0) is 0 Å². The largest absolute Gasteiger partial charge is 0.317 e. The van der Waals surface area contributed by atoms with Gasteiger partial charge in [-0.2, -0.15) is 0 Å². The molecule has 0 amide bonds. The topological polar surface area (TPSA) is 15.3 Å². The van der Waals surface area contributed by atoms with Crippen LogP contribution in [0.1, 0.15) is 58.3 Å². The zero-order valence-corrected chi connectivity index (χ0v) is 11.6. The van der Waals surface area contributed by atoms with Gasteiger partial charge in [-0.25, -0.2) is 0 Å². The van der Waals surface area contributed by atoms with Gasteiger partial charge >= 0.3 is 0 Å². The van der Waals surface area contributed by atoms with Crippen molar-refractivity contribution in [1.29, 1.82) is 0 Å². The second-order valence-corrected chi connectivity index (χ2v) is 5.93.